The molecule has 5 nitrogen and oxygen atoms in total. The van der Waals surface area contributed by atoms with Gasteiger partial charge in [-0.25, -0.2) is 4.68 Å². The highest BCUT2D eigenvalue weighted by Gasteiger charge is 2.49. The van der Waals surface area contributed by atoms with Crippen LogP contribution in [0.2, 0.25) is 0 Å². The van der Waals surface area contributed by atoms with Gasteiger partial charge in [0.1, 0.15) is 0 Å². The Hall–Kier alpha value is -1.39. The fraction of sp³-hybridized carbons (Fsp3) is 0.800. The van der Waals surface area contributed by atoms with Crippen molar-refractivity contribution in [2.45, 2.75) is 51.5 Å². The van der Waals surface area contributed by atoms with E-state index < -0.39 is 5.97 Å². The Kier molecular flexibility index (Phi) is 2.66. The zero-order chi connectivity index (χ0) is 13.9. The van der Waals surface area contributed by atoms with Gasteiger partial charge < -0.3 is 5.11 Å². The summed E-state index contributed by atoms with van der Waals surface area (Å²) in [7, 11) is 0. The molecule has 1 aromatic rings. The Labute approximate surface area is 118 Å². The van der Waals surface area contributed by atoms with Gasteiger partial charge in [-0.3, -0.25) is 4.79 Å². The van der Waals surface area contributed by atoms with Crippen molar-refractivity contribution in [3.8, 4) is 0 Å². The minimum absolute atomic E-state index is 0.0147. The number of hydrogen-bond acceptors (Lipinski definition) is 3. The summed E-state index contributed by atoms with van der Waals surface area (Å²) in [4.78, 5) is 10.9. The van der Waals surface area contributed by atoms with Crippen molar-refractivity contribution < 1.29 is 9.90 Å². The van der Waals surface area contributed by atoms with E-state index in [1.54, 1.807) is 0 Å². The maximum absolute atomic E-state index is 10.9. The van der Waals surface area contributed by atoms with E-state index in [0.717, 1.165) is 29.4 Å². The molecule has 5 heteroatoms. The van der Waals surface area contributed by atoms with E-state index in [1.807, 2.05) is 6.92 Å². The van der Waals surface area contributed by atoms with Crippen LogP contribution in [-0.2, 0) is 11.2 Å². The average molecular weight is 275 g/mol. The minimum atomic E-state index is -0.828. The Morgan fingerprint density at radius 2 is 1.80 bits per heavy atom. The Morgan fingerprint density at radius 3 is 2.35 bits per heavy atom. The van der Waals surface area contributed by atoms with Crippen LogP contribution in [0, 0.1) is 30.6 Å². The van der Waals surface area contributed by atoms with Crippen LogP contribution in [-0.4, -0.2) is 26.1 Å². The van der Waals surface area contributed by atoms with Gasteiger partial charge in [-0.15, -0.1) is 5.10 Å². The largest absolute Gasteiger partial charge is 0.481 e. The highest BCUT2D eigenvalue weighted by Crippen LogP contribution is 2.58. The van der Waals surface area contributed by atoms with Crippen molar-refractivity contribution in [1.82, 2.24) is 15.0 Å². The number of carbonyl (C=O) groups is 1. The molecule has 4 bridgehead atoms. The average Bonchev–Trinajstić information content (AvgIpc) is 2.70. The summed E-state index contributed by atoms with van der Waals surface area (Å²) >= 11 is 0. The molecule has 5 rings (SSSR count). The summed E-state index contributed by atoms with van der Waals surface area (Å²) in [6, 6.07) is 0.470. The van der Waals surface area contributed by atoms with Gasteiger partial charge >= 0.3 is 5.97 Å². The summed E-state index contributed by atoms with van der Waals surface area (Å²) in [6.45, 7) is 1.98. The third kappa shape index (κ3) is 1.79. The molecule has 1 aromatic heterocycles. The molecule has 4 saturated carbocycles. The van der Waals surface area contributed by atoms with Crippen LogP contribution < -0.4 is 0 Å². The van der Waals surface area contributed by atoms with Crippen molar-refractivity contribution in [3.63, 3.8) is 0 Å². The first kappa shape index (κ1) is 12.4. The molecule has 0 spiro atoms. The van der Waals surface area contributed by atoms with Gasteiger partial charge in [0, 0.05) is 0 Å². The van der Waals surface area contributed by atoms with E-state index in [4.69, 9.17) is 5.11 Å². The van der Waals surface area contributed by atoms with E-state index in [9.17, 15) is 4.79 Å². The first-order valence-corrected chi connectivity index (χ1v) is 7.74. The SMILES string of the molecule is Cc1c(CC(=O)O)nnn1C1C2CC3CC(C2)CC1C3. The summed E-state index contributed by atoms with van der Waals surface area (Å²) in [5.74, 6) is 2.53. The first-order chi connectivity index (χ1) is 9.61. The molecule has 4 aliphatic carbocycles. The molecule has 0 unspecified atom stereocenters. The third-order valence-corrected chi connectivity index (χ3v) is 5.80. The lowest BCUT2D eigenvalue weighted by Crippen LogP contribution is -2.46. The minimum Gasteiger partial charge on any atom is -0.481 e. The third-order valence-electron chi connectivity index (χ3n) is 5.80. The number of aromatic nitrogens is 3. The van der Waals surface area contributed by atoms with Gasteiger partial charge in [-0.1, -0.05) is 5.21 Å². The Balaban J connectivity index is 1.64. The molecule has 0 saturated heterocycles. The van der Waals surface area contributed by atoms with Crippen LogP contribution in [0.15, 0.2) is 0 Å². The van der Waals surface area contributed by atoms with Crippen molar-refractivity contribution in [2.75, 3.05) is 0 Å². The maximum atomic E-state index is 10.9. The fourth-order valence-corrected chi connectivity index (χ4v) is 5.26. The molecule has 0 aromatic carbocycles. The summed E-state index contributed by atoms with van der Waals surface area (Å²) in [5, 5.41) is 17.4. The second-order valence-electron chi connectivity index (χ2n) is 7.06. The number of aliphatic carboxylic acids is 1. The standard InChI is InChI=1S/C15H21N3O2/c1-8-13(7-14(19)20)16-17-18(8)15-11-3-9-2-10(5-11)6-12(15)4-9/h9-12,15H,2-7H2,1H3,(H,19,20). The second kappa shape index (κ2) is 4.30. The lowest BCUT2D eigenvalue weighted by atomic mass is 9.54. The number of nitrogens with zero attached hydrogens (tertiary/aromatic N) is 3. The van der Waals surface area contributed by atoms with Gasteiger partial charge in [0.05, 0.1) is 23.9 Å². The Bertz CT molecular complexity index is 523. The predicted molar refractivity (Wildman–Crippen MR) is 72.2 cm³/mol. The summed E-state index contributed by atoms with van der Waals surface area (Å²) < 4.78 is 2.06. The van der Waals surface area contributed by atoms with Gasteiger partial charge in [0.25, 0.3) is 0 Å². The van der Waals surface area contributed by atoms with Crippen molar-refractivity contribution >= 4 is 5.97 Å². The Morgan fingerprint density at radius 1 is 1.20 bits per heavy atom. The van der Waals surface area contributed by atoms with Crippen molar-refractivity contribution in [1.29, 1.82) is 0 Å². The van der Waals surface area contributed by atoms with Crippen LogP contribution >= 0.6 is 0 Å². The van der Waals surface area contributed by atoms with Crippen LogP contribution in [0.25, 0.3) is 0 Å². The highest BCUT2D eigenvalue weighted by molar-refractivity contribution is 5.69. The molecule has 1 heterocycles. The molecule has 0 atom stereocenters. The summed E-state index contributed by atoms with van der Waals surface area (Å²) in [6.07, 6.45) is 6.78. The molecular formula is C15H21N3O2. The number of rotatable bonds is 3. The van der Waals surface area contributed by atoms with Gasteiger partial charge in [-0.05, 0) is 62.7 Å². The second-order valence-corrected chi connectivity index (χ2v) is 7.06. The number of carboxylic acids is 1. The molecule has 108 valence electrons. The van der Waals surface area contributed by atoms with E-state index >= 15 is 0 Å². The maximum Gasteiger partial charge on any atom is 0.309 e. The number of carboxylic acid groups (broad SMARTS) is 1. The molecule has 4 fully saturated rings. The molecule has 0 aliphatic heterocycles. The van der Waals surface area contributed by atoms with Gasteiger partial charge in [0.15, 0.2) is 0 Å². The highest BCUT2D eigenvalue weighted by atomic mass is 16.4. The van der Waals surface area contributed by atoms with E-state index in [0.29, 0.717) is 11.7 Å². The van der Waals surface area contributed by atoms with E-state index in [1.165, 1.54) is 32.1 Å². The normalized spacial score (nSPS) is 38.4. The fourth-order valence-electron chi connectivity index (χ4n) is 5.26. The van der Waals surface area contributed by atoms with E-state index in [2.05, 4.69) is 15.0 Å². The van der Waals surface area contributed by atoms with E-state index in [-0.39, 0.29) is 6.42 Å². The van der Waals surface area contributed by atoms with Crippen LogP contribution in [0.5, 0.6) is 0 Å². The van der Waals surface area contributed by atoms with Crippen molar-refractivity contribution in [2.24, 2.45) is 23.7 Å². The molecule has 1 N–H and O–H groups in total. The lowest BCUT2D eigenvalue weighted by molar-refractivity contribution is -0.136. The predicted octanol–water partition coefficient (Wildman–Crippen LogP) is 2.21. The smallest absolute Gasteiger partial charge is 0.309 e. The molecule has 0 radical (unpaired) electrons. The first-order valence-electron chi connectivity index (χ1n) is 7.74. The number of hydrogen-bond donors (Lipinski definition) is 1. The van der Waals surface area contributed by atoms with Crippen LogP contribution in [0.4, 0.5) is 0 Å². The van der Waals surface area contributed by atoms with Crippen LogP contribution in [0.3, 0.4) is 0 Å². The quantitative estimate of drug-likeness (QED) is 0.918. The van der Waals surface area contributed by atoms with Crippen LogP contribution in [0.1, 0.15) is 49.5 Å². The van der Waals surface area contributed by atoms with Crippen molar-refractivity contribution in [3.05, 3.63) is 11.4 Å². The molecule has 0 amide bonds. The zero-order valence-electron chi connectivity index (χ0n) is 11.8. The topological polar surface area (TPSA) is 68.0 Å². The summed E-state index contributed by atoms with van der Waals surface area (Å²) in [5.41, 5.74) is 1.59. The molecule has 4 aliphatic rings. The molecule has 20 heavy (non-hydrogen) atoms. The van der Waals surface area contributed by atoms with Gasteiger partial charge in [-0.2, -0.15) is 0 Å². The zero-order valence-corrected chi connectivity index (χ0v) is 11.8. The molecular weight excluding hydrogens is 254 g/mol. The lowest BCUT2D eigenvalue weighted by Gasteiger charge is -2.54. The van der Waals surface area contributed by atoms with Gasteiger partial charge in [0.2, 0.25) is 0 Å². The monoisotopic (exact) mass is 275 g/mol.